The van der Waals surface area contributed by atoms with Crippen LogP contribution in [0.15, 0.2) is 69.0 Å². The average molecular weight is 543 g/mol. The van der Waals surface area contributed by atoms with Crippen molar-refractivity contribution < 1.29 is 8.42 Å². The molecule has 0 saturated carbocycles. The molecule has 10 heteroatoms. The minimum Gasteiger partial charge on any atom is -0.267 e. The third kappa shape index (κ3) is 3.53. The zero-order valence-corrected chi connectivity index (χ0v) is 21.0. The number of rotatable bonds is 5. The predicted molar refractivity (Wildman–Crippen MR) is 134 cm³/mol. The van der Waals surface area contributed by atoms with Crippen molar-refractivity contribution >= 4 is 58.4 Å². The lowest BCUT2D eigenvalue weighted by Gasteiger charge is -2.06. The van der Waals surface area contributed by atoms with Gasteiger partial charge in [0.25, 0.3) is 15.6 Å². The van der Waals surface area contributed by atoms with Crippen LogP contribution in [0.1, 0.15) is 23.1 Å². The van der Waals surface area contributed by atoms with Gasteiger partial charge in [-0.15, -0.1) is 11.3 Å². The largest absolute Gasteiger partial charge is 0.276 e. The molecule has 0 fully saturated rings. The Labute approximate surface area is 202 Å². The van der Waals surface area contributed by atoms with Crippen molar-refractivity contribution in [3.05, 3.63) is 85.8 Å². The van der Waals surface area contributed by atoms with Gasteiger partial charge in [-0.2, -0.15) is 5.10 Å². The molecule has 1 aromatic carbocycles. The van der Waals surface area contributed by atoms with Crippen LogP contribution in [0.3, 0.4) is 0 Å². The molecule has 0 amide bonds. The number of hydrogen-bond acceptors (Lipinski definition) is 6. The zero-order valence-electron chi connectivity index (χ0n) is 17.8. The van der Waals surface area contributed by atoms with E-state index in [0.29, 0.717) is 23.9 Å². The summed E-state index contributed by atoms with van der Waals surface area (Å²) in [6, 6.07) is 12.0. The maximum atomic E-state index is 13.4. The SMILES string of the molecule is CCc1nn(C)c(=O)c2c(Br)c(Cc3cn(S(=O)(=O)c4ccccc4)c4ncccc34)sc12. The van der Waals surface area contributed by atoms with E-state index in [1.165, 1.54) is 20.0 Å². The summed E-state index contributed by atoms with van der Waals surface area (Å²) in [5, 5.41) is 5.77. The number of nitrogens with zero attached hydrogens (tertiary/aromatic N) is 4. The summed E-state index contributed by atoms with van der Waals surface area (Å²) in [5.41, 5.74) is 1.89. The first-order chi connectivity index (χ1) is 15.8. The zero-order chi connectivity index (χ0) is 23.3. The van der Waals surface area contributed by atoms with Gasteiger partial charge in [-0.3, -0.25) is 4.79 Å². The van der Waals surface area contributed by atoms with Gasteiger partial charge in [0.2, 0.25) is 0 Å². The number of aromatic nitrogens is 4. The monoisotopic (exact) mass is 542 g/mol. The standard InChI is InChI=1S/C23H19BrN4O3S2/c1-3-17-21-19(23(29)27(2)26-17)20(24)18(32-21)12-14-13-28(22-16(14)10-7-11-25-22)33(30,31)15-8-5-4-6-9-15/h4-11,13H,3,12H2,1-2H3. The van der Waals surface area contributed by atoms with Crippen molar-refractivity contribution in [3.63, 3.8) is 0 Å². The number of halogens is 1. The second-order valence-corrected chi connectivity index (χ2v) is 11.3. The smallest absolute Gasteiger partial charge is 0.267 e. The van der Waals surface area contributed by atoms with Gasteiger partial charge in [0.05, 0.1) is 20.7 Å². The molecular weight excluding hydrogens is 524 g/mol. The van der Waals surface area contributed by atoms with E-state index >= 15 is 0 Å². The van der Waals surface area contributed by atoms with Crippen molar-refractivity contribution in [2.75, 3.05) is 0 Å². The number of hydrogen-bond donors (Lipinski definition) is 0. The van der Waals surface area contributed by atoms with Crippen LogP contribution >= 0.6 is 27.3 Å². The molecule has 168 valence electrons. The molecule has 33 heavy (non-hydrogen) atoms. The molecule has 0 aliphatic carbocycles. The third-order valence-electron chi connectivity index (χ3n) is 5.56. The Morgan fingerprint density at radius 2 is 1.88 bits per heavy atom. The fourth-order valence-electron chi connectivity index (χ4n) is 3.93. The lowest BCUT2D eigenvalue weighted by molar-refractivity contribution is 0.588. The van der Waals surface area contributed by atoms with E-state index in [1.807, 2.05) is 13.0 Å². The maximum absolute atomic E-state index is 13.4. The number of aryl methyl sites for hydroxylation is 2. The minimum atomic E-state index is -3.81. The minimum absolute atomic E-state index is 0.160. The molecule has 5 aromatic rings. The van der Waals surface area contributed by atoms with Crippen LogP contribution in [-0.2, 0) is 29.9 Å². The van der Waals surface area contributed by atoms with Gasteiger partial charge in [-0.1, -0.05) is 25.1 Å². The second kappa shape index (κ2) is 8.19. The van der Waals surface area contributed by atoms with Crippen LogP contribution < -0.4 is 5.56 Å². The highest BCUT2D eigenvalue weighted by molar-refractivity contribution is 9.10. The van der Waals surface area contributed by atoms with Crippen LogP contribution in [0.2, 0.25) is 0 Å². The van der Waals surface area contributed by atoms with Gasteiger partial charge in [0, 0.05) is 40.6 Å². The quantitative estimate of drug-likeness (QED) is 0.326. The van der Waals surface area contributed by atoms with E-state index in [9.17, 15) is 13.2 Å². The van der Waals surface area contributed by atoms with Crippen molar-refractivity contribution in [1.29, 1.82) is 0 Å². The highest BCUT2D eigenvalue weighted by Gasteiger charge is 2.24. The topological polar surface area (TPSA) is 86.9 Å². The Kier molecular flexibility index (Phi) is 5.46. The second-order valence-electron chi connectivity index (χ2n) is 7.59. The van der Waals surface area contributed by atoms with Crippen molar-refractivity contribution in [2.24, 2.45) is 7.05 Å². The maximum Gasteiger partial charge on any atom is 0.276 e. The Morgan fingerprint density at radius 3 is 2.61 bits per heavy atom. The number of benzene rings is 1. The summed E-state index contributed by atoms with van der Waals surface area (Å²) < 4.78 is 30.9. The molecule has 0 bridgehead atoms. The lowest BCUT2D eigenvalue weighted by atomic mass is 10.1. The van der Waals surface area contributed by atoms with E-state index in [1.54, 1.807) is 55.8 Å². The van der Waals surface area contributed by atoms with Gasteiger partial charge in [-0.05, 0) is 52.2 Å². The van der Waals surface area contributed by atoms with E-state index in [2.05, 4.69) is 26.0 Å². The first-order valence-electron chi connectivity index (χ1n) is 10.3. The normalized spacial score (nSPS) is 12.1. The molecule has 0 spiro atoms. The fraction of sp³-hybridized carbons (Fsp3) is 0.174. The molecule has 0 saturated heterocycles. The molecule has 0 N–H and O–H groups in total. The summed E-state index contributed by atoms with van der Waals surface area (Å²) in [6.45, 7) is 2.01. The van der Waals surface area contributed by atoms with Gasteiger partial charge in [-0.25, -0.2) is 22.1 Å². The Morgan fingerprint density at radius 1 is 1.12 bits per heavy atom. The van der Waals surface area contributed by atoms with Crippen molar-refractivity contribution in [3.8, 4) is 0 Å². The van der Waals surface area contributed by atoms with E-state index in [-0.39, 0.29) is 10.5 Å². The third-order valence-corrected chi connectivity index (χ3v) is 9.60. The van der Waals surface area contributed by atoms with Gasteiger partial charge in [0.1, 0.15) is 0 Å². The highest BCUT2D eigenvalue weighted by Crippen LogP contribution is 2.38. The first-order valence-corrected chi connectivity index (χ1v) is 13.3. The summed E-state index contributed by atoms with van der Waals surface area (Å²) in [4.78, 5) is 18.3. The molecule has 4 heterocycles. The van der Waals surface area contributed by atoms with Gasteiger partial charge in [0.15, 0.2) is 5.65 Å². The summed E-state index contributed by atoms with van der Waals surface area (Å²) in [7, 11) is -2.16. The molecule has 5 rings (SSSR count). The van der Waals surface area contributed by atoms with Crippen molar-refractivity contribution in [2.45, 2.75) is 24.7 Å². The molecule has 0 aliphatic rings. The summed E-state index contributed by atoms with van der Waals surface area (Å²) in [5.74, 6) is 0. The van der Waals surface area contributed by atoms with Crippen molar-refractivity contribution in [1.82, 2.24) is 18.7 Å². The molecule has 4 aromatic heterocycles. The van der Waals surface area contributed by atoms with Gasteiger partial charge >= 0.3 is 0 Å². The molecule has 0 atom stereocenters. The Bertz CT molecular complexity index is 1690. The summed E-state index contributed by atoms with van der Waals surface area (Å²) >= 11 is 5.15. The Hall–Kier alpha value is -2.82. The van der Waals surface area contributed by atoms with Crippen LogP contribution in [0.4, 0.5) is 0 Å². The van der Waals surface area contributed by atoms with E-state index in [0.717, 1.165) is 30.7 Å². The van der Waals surface area contributed by atoms with Crippen LogP contribution in [0.5, 0.6) is 0 Å². The predicted octanol–water partition coefficient (Wildman–Crippen LogP) is 4.50. The molecular formula is C23H19BrN4O3S2. The summed E-state index contributed by atoms with van der Waals surface area (Å²) in [6.07, 6.45) is 4.37. The highest BCUT2D eigenvalue weighted by atomic mass is 79.9. The molecule has 0 aliphatic heterocycles. The van der Waals surface area contributed by atoms with E-state index in [4.69, 9.17) is 0 Å². The number of fused-ring (bicyclic) bond motifs is 2. The van der Waals surface area contributed by atoms with Crippen LogP contribution in [-0.4, -0.2) is 27.2 Å². The van der Waals surface area contributed by atoms with Gasteiger partial charge < -0.3 is 0 Å². The van der Waals surface area contributed by atoms with Crippen LogP contribution in [0, 0.1) is 0 Å². The first kappa shape index (κ1) is 22.0. The van der Waals surface area contributed by atoms with E-state index < -0.39 is 10.0 Å². The number of thiophene rings is 1. The van der Waals surface area contributed by atoms with Crippen LogP contribution in [0.25, 0.3) is 21.1 Å². The lowest BCUT2D eigenvalue weighted by Crippen LogP contribution is -2.20. The number of pyridine rings is 1. The molecule has 7 nitrogen and oxygen atoms in total. The molecule has 0 radical (unpaired) electrons. The molecule has 0 unspecified atom stereocenters. The Balaban J connectivity index is 1.69. The average Bonchev–Trinajstić information content (AvgIpc) is 3.36. The fourth-order valence-corrected chi connectivity index (χ4v) is 7.44.